The zero-order chi connectivity index (χ0) is 12.4. The minimum absolute atomic E-state index is 0.129. The molecule has 90 valence electrons. The first-order valence-electron chi connectivity index (χ1n) is 5.30. The van der Waals surface area contributed by atoms with Gasteiger partial charge >= 0.3 is 0 Å². The van der Waals surface area contributed by atoms with Crippen LogP contribution in [0.15, 0.2) is 30.5 Å². The van der Waals surface area contributed by atoms with Gasteiger partial charge in [0, 0.05) is 11.8 Å². The van der Waals surface area contributed by atoms with Gasteiger partial charge in [-0.3, -0.25) is 0 Å². The summed E-state index contributed by atoms with van der Waals surface area (Å²) < 4.78 is 14.4. The molecule has 0 spiro atoms. The van der Waals surface area contributed by atoms with Crippen molar-refractivity contribution in [1.29, 1.82) is 0 Å². The molecule has 1 heterocycles. The fraction of sp³-hybridized carbons (Fsp3) is 0.250. The van der Waals surface area contributed by atoms with Crippen molar-refractivity contribution in [3.8, 4) is 5.69 Å². The van der Waals surface area contributed by atoms with Crippen molar-refractivity contribution in [2.45, 2.75) is 13.0 Å². The van der Waals surface area contributed by atoms with Crippen LogP contribution in [0, 0.1) is 12.7 Å². The molecule has 0 radical (unpaired) electrons. The van der Waals surface area contributed by atoms with Gasteiger partial charge in [-0.15, -0.1) is 0 Å². The first-order chi connectivity index (χ1) is 8.11. The zero-order valence-electron chi connectivity index (χ0n) is 9.47. The average Bonchev–Trinajstić information content (AvgIpc) is 2.71. The Balaban J connectivity index is 2.37. The Morgan fingerprint density at radius 3 is 2.65 bits per heavy atom. The van der Waals surface area contributed by atoms with Gasteiger partial charge in [0.25, 0.3) is 0 Å². The highest BCUT2D eigenvalue weighted by Gasteiger charge is 2.12. The summed E-state index contributed by atoms with van der Waals surface area (Å²) in [6.45, 7) is 1.70. The number of rotatable bonds is 3. The number of hydrogen-bond acceptors (Lipinski definition) is 3. The molecule has 0 aliphatic rings. The summed E-state index contributed by atoms with van der Waals surface area (Å²) in [5.74, 6) is -0.287. The summed E-state index contributed by atoms with van der Waals surface area (Å²) in [4.78, 5) is 0. The molecule has 0 saturated heterocycles. The number of aliphatic hydroxyl groups excluding tert-OH is 1. The summed E-state index contributed by atoms with van der Waals surface area (Å²) in [6.07, 6.45) is 1.75. The van der Waals surface area contributed by atoms with Crippen LogP contribution in [0.3, 0.4) is 0 Å². The molecule has 4 nitrogen and oxygen atoms in total. The van der Waals surface area contributed by atoms with E-state index >= 15 is 0 Å². The van der Waals surface area contributed by atoms with E-state index < -0.39 is 6.04 Å². The van der Waals surface area contributed by atoms with Crippen LogP contribution in [0.5, 0.6) is 0 Å². The number of halogens is 1. The second-order valence-electron chi connectivity index (χ2n) is 3.88. The summed E-state index contributed by atoms with van der Waals surface area (Å²) >= 11 is 0. The van der Waals surface area contributed by atoms with Crippen LogP contribution >= 0.6 is 0 Å². The minimum Gasteiger partial charge on any atom is -0.394 e. The molecule has 3 N–H and O–H groups in total. The molecule has 0 aliphatic heterocycles. The largest absolute Gasteiger partial charge is 0.394 e. The zero-order valence-corrected chi connectivity index (χ0v) is 9.47. The summed E-state index contributed by atoms with van der Waals surface area (Å²) in [7, 11) is 0. The van der Waals surface area contributed by atoms with Gasteiger partial charge < -0.3 is 10.8 Å². The smallest absolute Gasteiger partial charge is 0.123 e. The summed E-state index contributed by atoms with van der Waals surface area (Å²) in [5.41, 5.74) is 8.05. The Morgan fingerprint density at radius 1 is 1.41 bits per heavy atom. The number of benzene rings is 1. The van der Waals surface area contributed by atoms with Crippen LogP contribution in [0.25, 0.3) is 5.69 Å². The third kappa shape index (κ3) is 2.35. The lowest BCUT2D eigenvalue weighted by Gasteiger charge is -2.04. The molecule has 1 aromatic carbocycles. The Labute approximate surface area is 98.5 Å². The second-order valence-corrected chi connectivity index (χ2v) is 3.88. The molecule has 2 aromatic rings. The van der Waals surface area contributed by atoms with Crippen LogP contribution in [0.1, 0.15) is 17.3 Å². The molecule has 1 atom stereocenters. The van der Waals surface area contributed by atoms with Gasteiger partial charge in [-0.2, -0.15) is 5.10 Å². The molecular formula is C12H14FN3O. The fourth-order valence-electron chi connectivity index (χ4n) is 1.66. The average molecular weight is 235 g/mol. The van der Waals surface area contributed by atoms with Crippen molar-refractivity contribution in [3.05, 3.63) is 47.5 Å². The molecule has 0 fully saturated rings. The number of aliphatic hydroxyl groups is 1. The van der Waals surface area contributed by atoms with Gasteiger partial charge in [-0.05, 0) is 31.2 Å². The van der Waals surface area contributed by atoms with E-state index in [9.17, 15) is 4.39 Å². The maximum atomic E-state index is 12.8. The van der Waals surface area contributed by atoms with Crippen LogP contribution in [-0.2, 0) is 0 Å². The predicted octanol–water partition coefficient (Wildman–Crippen LogP) is 1.31. The lowest BCUT2D eigenvalue weighted by Crippen LogP contribution is -2.14. The van der Waals surface area contributed by atoms with Crippen molar-refractivity contribution in [2.75, 3.05) is 6.61 Å². The molecule has 1 aromatic heterocycles. The number of nitrogens with two attached hydrogens (primary N) is 1. The molecule has 17 heavy (non-hydrogen) atoms. The second kappa shape index (κ2) is 4.65. The van der Waals surface area contributed by atoms with Gasteiger partial charge in [-0.1, -0.05) is 0 Å². The van der Waals surface area contributed by atoms with Crippen molar-refractivity contribution in [2.24, 2.45) is 5.73 Å². The molecule has 5 heteroatoms. The Bertz CT molecular complexity index is 507. The number of hydrogen-bond donors (Lipinski definition) is 2. The normalized spacial score (nSPS) is 12.7. The van der Waals surface area contributed by atoms with E-state index in [4.69, 9.17) is 10.8 Å². The number of aromatic nitrogens is 2. The van der Waals surface area contributed by atoms with Crippen molar-refractivity contribution in [3.63, 3.8) is 0 Å². The molecule has 1 unspecified atom stereocenters. The standard InChI is InChI=1S/C12H14FN3O/c1-8-11(12(14)7-17)6-16(15-8)10-4-2-9(13)3-5-10/h2-6,12,17H,7,14H2,1H3. The first-order valence-corrected chi connectivity index (χ1v) is 5.30. The van der Waals surface area contributed by atoms with Crippen molar-refractivity contribution in [1.82, 2.24) is 9.78 Å². The highest BCUT2D eigenvalue weighted by atomic mass is 19.1. The van der Waals surface area contributed by atoms with Crippen molar-refractivity contribution >= 4 is 0 Å². The number of nitrogens with zero attached hydrogens (tertiary/aromatic N) is 2. The lowest BCUT2D eigenvalue weighted by molar-refractivity contribution is 0.267. The minimum atomic E-state index is -0.441. The Kier molecular flexibility index (Phi) is 3.21. The van der Waals surface area contributed by atoms with E-state index in [-0.39, 0.29) is 12.4 Å². The molecule has 2 rings (SSSR count). The van der Waals surface area contributed by atoms with E-state index in [2.05, 4.69) is 5.10 Å². The molecule has 0 saturated carbocycles. The molecule has 0 amide bonds. The maximum Gasteiger partial charge on any atom is 0.123 e. The van der Waals surface area contributed by atoms with E-state index in [0.29, 0.717) is 0 Å². The third-order valence-electron chi connectivity index (χ3n) is 2.62. The van der Waals surface area contributed by atoms with Crippen molar-refractivity contribution < 1.29 is 9.50 Å². The molecule has 0 aliphatic carbocycles. The first kappa shape index (κ1) is 11.8. The van der Waals surface area contributed by atoms with E-state index in [1.807, 2.05) is 6.92 Å². The van der Waals surface area contributed by atoms with Gasteiger partial charge in [0.05, 0.1) is 24.0 Å². The van der Waals surface area contributed by atoms with Gasteiger partial charge in [0.1, 0.15) is 5.82 Å². The topological polar surface area (TPSA) is 64.1 Å². The Morgan fingerprint density at radius 2 is 2.06 bits per heavy atom. The molecular weight excluding hydrogens is 221 g/mol. The van der Waals surface area contributed by atoms with Crippen LogP contribution in [0.4, 0.5) is 4.39 Å². The molecule has 0 bridgehead atoms. The third-order valence-corrected chi connectivity index (χ3v) is 2.62. The van der Waals surface area contributed by atoms with Crippen LogP contribution in [0.2, 0.25) is 0 Å². The van der Waals surface area contributed by atoms with E-state index in [0.717, 1.165) is 16.9 Å². The van der Waals surface area contributed by atoms with Gasteiger partial charge in [0.15, 0.2) is 0 Å². The van der Waals surface area contributed by atoms with Gasteiger partial charge in [0.2, 0.25) is 0 Å². The van der Waals surface area contributed by atoms with Gasteiger partial charge in [-0.25, -0.2) is 9.07 Å². The SMILES string of the molecule is Cc1nn(-c2ccc(F)cc2)cc1C(N)CO. The van der Waals surface area contributed by atoms with Crippen LogP contribution < -0.4 is 5.73 Å². The summed E-state index contributed by atoms with van der Waals surface area (Å²) in [6, 6.07) is 5.58. The quantitative estimate of drug-likeness (QED) is 0.843. The van der Waals surface area contributed by atoms with E-state index in [1.54, 1.807) is 23.0 Å². The predicted molar refractivity (Wildman–Crippen MR) is 62.3 cm³/mol. The van der Waals surface area contributed by atoms with Crippen LogP contribution in [-0.4, -0.2) is 21.5 Å². The lowest BCUT2D eigenvalue weighted by atomic mass is 10.1. The highest BCUT2D eigenvalue weighted by molar-refractivity contribution is 5.33. The summed E-state index contributed by atoms with van der Waals surface area (Å²) in [5, 5.41) is 13.3. The monoisotopic (exact) mass is 235 g/mol. The van der Waals surface area contributed by atoms with E-state index in [1.165, 1.54) is 12.1 Å². The number of aryl methyl sites for hydroxylation is 1. The highest BCUT2D eigenvalue weighted by Crippen LogP contribution is 2.17. The fourth-order valence-corrected chi connectivity index (χ4v) is 1.66. The Hall–Kier alpha value is -1.72. The maximum absolute atomic E-state index is 12.8.